The van der Waals surface area contributed by atoms with Crippen LogP contribution in [0.15, 0.2) is 58.5 Å². The molecule has 0 spiro atoms. The Bertz CT molecular complexity index is 1100. The third-order valence-corrected chi connectivity index (χ3v) is 5.95. The van der Waals surface area contributed by atoms with E-state index in [9.17, 15) is 14.7 Å². The summed E-state index contributed by atoms with van der Waals surface area (Å²) in [5.41, 5.74) is 2.62. The highest BCUT2D eigenvalue weighted by Crippen LogP contribution is 2.19. The molecular weight excluding hydrogens is 412 g/mol. The van der Waals surface area contributed by atoms with E-state index in [0.29, 0.717) is 35.6 Å². The number of para-hydroxylation sites is 1. The summed E-state index contributed by atoms with van der Waals surface area (Å²) in [6.07, 6.45) is 0.449. The quantitative estimate of drug-likeness (QED) is 0.407. The SMILES string of the molecule is CN(Cc1ccc(N(C)C)cc1)C(=O)CSc1nc2ccccc2c(=O)n1CCCO. The van der Waals surface area contributed by atoms with Crippen molar-refractivity contribution in [3.8, 4) is 0 Å². The first-order valence-electron chi connectivity index (χ1n) is 10.1. The van der Waals surface area contributed by atoms with Crippen LogP contribution >= 0.6 is 11.8 Å². The van der Waals surface area contributed by atoms with Gasteiger partial charge in [0, 0.05) is 46.5 Å². The largest absolute Gasteiger partial charge is 0.396 e. The van der Waals surface area contributed by atoms with Gasteiger partial charge in [0.2, 0.25) is 5.91 Å². The van der Waals surface area contributed by atoms with Gasteiger partial charge in [0.15, 0.2) is 5.16 Å². The number of carbonyl (C=O) groups is 1. The van der Waals surface area contributed by atoms with Crippen LogP contribution in [0.3, 0.4) is 0 Å². The average molecular weight is 441 g/mol. The molecule has 0 fully saturated rings. The van der Waals surface area contributed by atoms with Gasteiger partial charge in [-0.2, -0.15) is 0 Å². The molecule has 1 heterocycles. The number of rotatable bonds is 9. The van der Waals surface area contributed by atoms with Gasteiger partial charge in [-0.15, -0.1) is 0 Å². The highest BCUT2D eigenvalue weighted by atomic mass is 32.2. The lowest BCUT2D eigenvalue weighted by atomic mass is 10.2. The van der Waals surface area contributed by atoms with Crippen LogP contribution in [-0.2, 0) is 17.9 Å². The van der Waals surface area contributed by atoms with Crippen LogP contribution in [0.5, 0.6) is 0 Å². The van der Waals surface area contributed by atoms with Crippen LogP contribution in [0.1, 0.15) is 12.0 Å². The second-order valence-corrected chi connectivity index (χ2v) is 8.49. The van der Waals surface area contributed by atoms with E-state index in [-0.39, 0.29) is 23.8 Å². The van der Waals surface area contributed by atoms with Crippen molar-refractivity contribution in [2.75, 3.05) is 38.4 Å². The molecule has 0 atom stereocenters. The Morgan fingerprint density at radius 3 is 2.48 bits per heavy atom. The number of amides is 1. The molecule has 164 valence electrons. The second kappa shape index (κ2) is 10.5. The van der Waals surface area contributed by atoms with E-state index >= 15 is 0 Å². The van der Waals surface area contributed by atoms with Gasteiger partial charge in [0.25, 0.3) is 5.56 Å². The van der Waals surface area contributed by atoms with Gasteiger partial charge in [-0.25, -0.2) is 4.98 Å². The number of benzene rings is 2. The highest BCUT2D eigenvalue weighted by Gasteiger charge is 2.15. The zero-order chi connectivity index (χ0) is 22.4. The number of hydrogen-bond donors (Lipinski definition) is 1. The number of carbonyl (C=O) groups excluding carboxylic acids is 1. The van der Waals surface area contributed by atoms with Crippen LogP contribution in [0, 0.1) is 0 Å². The molecule has 1 N–H and O–H groups in total. The van der Waals surface area contributed by atoms with Crippen molar-refractivity contribution in [2.45, 2.75) is 24.7 Å². The Morgan fingerprint density at radius 1 is 1.10 bits per heavy atom. The number of aromatic nitrogens is 2. The molecule has 0 aliphatic heterocycles. The van der Waals surface area contributed by atoms with Gasteiger partial charge in [0.1, 0.15) is 0 Å². The summed E-state index contributed by atoms with van der Waals surface area (Å²) in [6, 6.07) is 15.3. The molecule has 0 saturated heterocycles. The number of thioether (sulfide) groups is 1. The fourth-order valence-electron chi connectivity index (χ4n) is 3.18. The number of aliphatic hydroxyl groups is 1. The predicted molar refractivity (Wildman–Crippen MR) is 126 cm³/mol. The minimum absolute atomic E-state index is 0.0162. The van der Waals surface area contributed by atoms with Crippen LogP contribution in [0.4, 0.5) is 5.69 Å². The fraction of sp³-hybridized carbons (Fsp3) is 0.348. The van der Waals surface area contributed by atoms with E-state index in [1.807, 2.05) is 49.3 Å². The Morgan fingerprint density at radius 2 is 1.81 bits per heavy atom. The molecule has 7 nitrogen and oxygen atoms in total. The van der Waals surface area contributed by atoms with Gasteiger partial charge in [-0.1, -0.05) is 36.0 Å². The summed E-state index contributed by atoms with van der Waals surface area (Å²) in [5.74, 6) is 0.133. The summed E-state index contributed by atoms with van der Waals surface area (Å²) in [7, 11) is 5.75. The number of fused-ring (bicyclic) bond motifs is 1. The van der Waals surface area contributed by atoms with Crippen molar-refractivity contribution >= 4 is 34.3 Å². The smallest absolute Gasteiger partial charge is 0.262 e. The molecule has 3 aromatic rings. The molecule has 31 heavy (non-hydrogen) atoms. The number of anilines is 1. The number of hydrogen-bond acceptors (Lipinski definition) is 6. The molecule has 8 heteroatoms. The summed E-state index contributed by atoms with van der Waals surface area (Å²) >= 11 is 1.25. The van der Waals surface area contributed by atoms with Gasteiger partial charge in [0.05, 0.1) is 16.7 Å². The minimum Gasteiger partial charge on any atom is -0.396 e. The van der Waals surface area contributed by atoms with Crippen molar-refractivity contribution in [2.24, 2.45) is 0 Å². The maximum atomic E-state index is 12.9. The van der Waals surface area contributed by atoms with E-state index in [4.69, 9.17) is 0 Å². The second-order valence-electron chi connectivity index (χ2n) is 7.54. The van der Waals surface area contributed by atoms with Crippen molar-refractivity contribution in [3.05, 3.63) is 64.4 Å². The van der Waals surface area contributed by atoms with Crippen molar-refractivity contribution in [1.29, 1.82) is 0 Å². The molecule has 0 unspecified atom stereocenters. The number of nitrogens with zero attached hydrogens (tertiary/aromatic N) is 4. The summed E-state index contributed by atoms with van der Waals surface area (Å²) in [6.45, 7) is 0.852. The molecule has 3 rings (SSSR count). The molecule has 2 aromatic carbocycles. The topological polar surface area (TPSA) is 78.7 Å². The van der Waals surface area contributed by atoms with Gasteiger partial charge >= 0.3 is 0 Å². The first-order chi connectivity index (χ1) is 14.9. The van der Waals surface area contributed by atoms with E-state index in [0.717, 1.165) is 11.3 Å². The maximum Gasteiger partial charge on any atom is 0.262 e. The van der Waals surface area contributed by atoms with Crippen molar-refractivity contribution in [1.82, 2.24) is 14.5 Å². The number of aliphatic hydroxyl groups excluding tert-OH is 1. The molecule has 0 aliphatic rings. The molecule has 0 saturated carbocycles. The Kier molecular flexibility index (Phi) is 7.70. The van der Waals surface area contributed by atoms with Gasteiger partial charge in [-0.3, -0.25) is 14.2 Å². The Hall–Kier alpha value is -2.84. The van der Waals surface area contributed by atoms with Crippen LogP contribution in [0.25, 0.3) is 10.9 Å². The third-order valence-electron chi connectivity index (χ3n) is 4.99. The standard InChI is InChI=1S/C23H28N4O3S/c1-25(2)18-11-9-17(10-12-18)15-26(3)21(29)16-31-23-24-20-8-5-4-7-19(20)22(30)27(23)13-6-14-28/h4-5,7-12,28H,6,13-16H2,1-3H3. The van der Waals surface area contributed by atoms with E-state index in [1.54, 1.807) is 34.7 Å². The first-order valence-corrected chi connectivity index (χ1v) is 11.1. The normalized spacial score (nSPS) is 11.0. The van der Waals surface area contributed by atoms with E-state index < -0.39 is 0 Å². The minimum atomic E-state index is -0.150. The third kappa shape index (κ3) is 5.65. The molecule has 0 bridgehead atoms. The van der Waals surface area contributed by atoms with Crippen LogP contribution < -0.4 is 10.5 Å². The molecule has 1 aromatic heterocycles. The molecular formula is C23H28N4O3S. The van der Waals surface area contributed by atoms with Crippen LogP contribution in [-0.4, -0.2) is 59.0 Å². The van der Waals surface area contributed by atoms with E-state index in [2.05, 4.69) is 4.98 Å². The fourth-order valence-corrected chi connectivity index (χ4v) is 4.15. The lowest BCUT2D eigenvalue weighted by Crippen LogP contribution is -2.29. The molecule has 1 amide bonds. The van der Waals surface area contributed by atoms with Crippen LogP contribution in [0.2, 0.25) is 0 Å². The summed E-state index contributed by atoms with van der Waals surface area (Å²) < 4.78 is 1.55. The zero-order valence-electron chi connectivity index (χ0n) is 18.1. The summed E-state index contributed by atoms with van der Waals surface area (Å²) in [5, 5.41) is 10.2. The van der Waals surface area contributed by atoms with E-state index in [1.165, 1.54) is 11.8 Å². The Labute approximate surface area is 186 Å². The monoisotopic (exact) mass is 440 g/mol. The first kappa shape index (κ1) is 22.8. The van der Waals surface area contributed by atoms with Crippen molar-refractivity contribution in [3.63, 3.8) is 0 Å². The Balaban J connectivity index is 1.71. The lowest BCUT2D eigenvalue weighted by Gasteiger charge is -2.19. The average Bonchev–Trinajstić information content (AvgIpc) is 2.77. The highest BCUT2D eigenvalue weighted by molar-refractivity contribution is 7.99. The lowest BCUT2D eigenvalue weighted by molar-refractivity contribution is -0.127. The molecule has 0 aliphatic carbocycles. The maximum absolute atomic E-state index is 12.9. The van der Waals surface area contributed by atoms with Crippen molar-refractivity contribution < 1.29 is 9.90 Å². The van der Waals surface area contributed by atoms with Gasteiger partial charge < -0.3 is 14.9 Å². The van der Waals surface area contributed by atoms with Gasteiger partial charge in [-0.05, 0) is 36.2 Å². The zero-order valence-corrected chi connectivity index (χ0v) is 18.9. The molecule has 0 radical (unpaired) electrons. The predicted octanol–water partition coefficient (Wildman–Crippen LogP) is 2.60. The summed E-state index contributed by atoms with van der Waals surface area (Å²) in [4.78, 5) is 33.9.